The molecule has 1 aliphatic rings. The van der Waals surface area contributed by atoms with Crippen LogP contribution in [0.3, 0.4) is 0 Å². The molecule has 6 nitrogen and oxygen atoms in total. The van der Waals surface area contributed by atoms with Crippen LogP contribution in [0.1, 0.15) is 54.4 Å². The third-order valence-corrected chi connectivity index (χ3v) is 11.5. The van der Waals surface area contributed by atoms with Gasteiger partial charge in [-0.25, -0.2) is 0 Å². The summed E-state index contributed by atoms with van der Waals surface area (Å²) in [4.78, 5) is 9.94. The van der Waals surface area contributed by atoms with E-state index in [1.807, 2.05) is 84.9 Å². The average Bonchev–Trinajstić information content (AvgIpc) is 3.52. The summed E-state index contributed by atoms with van der Waals surface area (Å²) in [5.74, 6) is 1.51. The van der Waals surface area contributed by atoms with Crippen LogP contribution < -0.4 is 0 Å². The maximum atomic E-state index is 4.97. The van der Waals surface area contributed by atoms with E-state index in [9.17, 15) is 0 Å². The molecular formula is C38H58ErN5OSi2. The van der Waals surface area contributed by atoms with Crippen LogP contribution in [0.4, 0.5) is 22.7 Å². The van der Waals surface area contributed by atoms with Gasteiger partial charge in [0.05, 0.1) is 0 Å². The Balaban J connectivity index is 0.000000610. The molecule has 1 aliphatic heterocycles. The minimum absolute atomic E-state index is 0. The van der Waals surface area contributed by atoms with Gasteiger partial charge in [0.2, 0.25) is 0 Å². The molecule has 9 heteroatoms. The summed E-state index contributed by atoms with van der Waals surface area (Å²) in [5, 5.41) is 9.68. The first-order valence-corrected chi connectivity index (χ1v) is 23.4. The first-order chi connectivity index (χ1) is 21.3. The molecule has 0 aromatic heterocycles. The molecule has 0 spiro atoms. The first-order valence-electron chi connectivity index (χ1n) is 16.5. The van der Waals surface area contributed by atoms with Gasteiger partial charge >= 0.3 is 37.3 Å². The maximum Gasteiger partial charge on any atom is 3.00 e. The number of ether oxygens (including phenoxy) is 1. The van der Waals surface area contributed by atoms with E-state index >= 15 is 0 Å². The summed E-state index contributed by atoms with van der Waals surface area (Å²) in [6.45, 7) is 28.5. The molecule has 1 radical (unpaired) electrons. The van der Waals surface area contributed by atoms with E-state index in [1.165, 1.54) is 12.8 Å². The van der Waals surface area contributed by atoms with Crippen LogP contribution in [0.5, 0.6) is 0 Å². The predicted molar refractivity (Wildman–Crippen MR) is 209 cm³/mol. The summed E-state index contributed by atoms with van der Waals surface area (Å²) in [6, 6.07) is 27.8. The summed E-state index contributed by atoms with van der Waals surface area (Å²) < 4.78 is 9.76. The molecule has 3 aromatic carbocycles. The SMILES string of the molecule is C1CCOC1.CC(C)(C)C(=Nc1ccccc1N=C([N-]c1ccccc1)C(C)(C)C)[N-]c1ccccc1.C[Si](C)(C)[N-][Si](C)(C)C.[Er+3]. The van der Waals surface area contributed by atoms with Gasteiger partial charge in [0.25, 0.3) is 0 Å². The monoisotopic (exact) mass is 822 g/mol. The molecule has 0 amide bonds. The van der Waals surface area contributed by atoms with Gasteiger partial charge in [-0.3, -0.25) is 0 Å². The van der Waals surface area contributed by atoms with Gasteiger partial charge in [0.1, 0.15) is 0 Å². The Kier molecular flexibility index (Phi) is 18.4. The third kappa shape index (κ3) is 19.1. The van der Waals surface area contributed by atoms with Crippen LogP contribution in [0.2, 0.25) is 39.3 Å². The van der Waals surface area contributed by atoms with Crippen molar-refractivity contribution in [3.63, 3.8) is 0 Å². The van der Waals surface area contributed by atoms with Crippen molar-refractivity contribution in [1.82, 2.24) is 0 Å². The van der Waals surface area contributed by atoms with Crippen molar-refractivity contribution in [3.05, 3.63) is 100 Å². The zero-order chi connectivity index (χ0) is 34.4. The fourth-order valence-corrected chi connectivity index (χ4v) is 12.4. The fourth-order valence-electron chi connectivity index (χ4n) is 4.37. The Morgan fingerprint density at radius 2 is 0.872 bits per heavy atom. The largest absolute Gasteiger partial charge is 3.00 e. The maximum absolute atomic E-state index is 4.97. The van der Waals surface area contributed by atoms with Crippen LogP contribution >= 0.6 is 0 Å². The Labute approximate surface area is 318 Å². The number of nitrogens with zero attached hydrogens (tertiary/aromatic N) is 5. The summed E-state index contributed by atoms with van der Waals surface area (Å²) in [5.41, 5.74) is 2.87. The van der Waals surface area contributed by atoms with Gasteiger partial charge < -0.3 is 30.0 Å². The van der Waals surface area contributed by atoms with Crippen LogP contribution in [-0.2, 0) is 4.74 Å². The second-order valence-electron chi connectivity index (χ2n) is 15.5. The number of amidine groups is 2. The van der Waals surface area contributed by atoms with E-state index in [-0.39, 0.29) is 48.1 Å². The predicted octanol–water partition coefficient (Wildman–Crippen LogP) is 13.1. The van der Waals surface area contributed by atoms with Gasteiger partial charge in [-0.15, -0.1) is 0 Å². The van der Waals surface area contributed by atoms with Gasteiger partial charge in [0.15, 0.2) is 0 Å². The second-order valence-corrected chi connectivity index (χ2v) is 25.1. The second kappa shape index (κ2) is 20.0. The standard InChI is InChI=1S/C28H32N4.C6H18NSi2.C4H8O.Er/c1-27(2,3)25(29-21-15-9-7-10-16-21)31-23-19-13-14-20-24(23)32-26(28(4,5)6)30-22-17-11-8-12-18-22;1-8(2,3)7-9(4,5)6;1-2-4-5-3-1;/h7-20H,1-6H3;1-6H3;1-4H2;/q-2;-1;;+3. The molecule has 0 saturated carbocycles. The summed E-state index contributed by atoms with van der Waals surface area (Å²) in [6.07, 6.45) is 2.56. The molecule has 0 bridgehead atoms. The molecule has 0 unspecified atom stereocenters. The van der Waals surface area contributed by atoms with E-state index in [0.29, 0.717) is 0 Å². The molecule has 261 valence electrons. The molecule has 0 atom stereocenters. The number of aliphatic imine (C=N–C) groups is 2. The van der Waals surface area contributed by atoms with E-state index in [4.69, 9.17) is 30.0 Å². The average molecular weight is 824 g/mol. The van der Waals surface area contributed by atoms with Crippen molar-refractivity contribution in [2.24, 2.45) is 20.8 Å². The van der Waals surface area contributed by atoms with E-state index in [1.54, 1.807) is 0 Å². The molecule has 1 heterocycles. The summed E-state index contributed by atoms with van der Waals surface area (Å²) in [7, 11) is -2.21. The summed E-state index contributed by atoms with van der Waals surface area (Å²) >= 11 is 0. The number of rotatable bonds is 6. The van der Waals surface area contributed by atoms with Crippen LogP contribution in [0.15, 0.2) is 94.9 Å². The van der Waals surface area contributed by atoms with Crippen molar-refractivity contribution in [3.8, 4) is 0 Å². The van der Waals surface area contributed by atoms with Crippen molar-refractivity contribution in [1.29, 1.82) is 0 Å². The first kappa shape index (κ1) is 43.2. The van der Waals surface area contributed by atoms with Crippen molar-refractivity contribution in [2.45, 2.75) is 93.7 Å². The molecule has 47 heavy (non-hydrogen) atoms. The Morgan fingerprint density at radius 1 is 0.553 bits per heavy atom. The van der Waals surface area contributed by atoms with E-state index in [2.05, 4.69) is 80.8 Å². The zero-order valence-corrected chi connectivity index (χ0v) is 34.7. The third-order valence-electron chi connectivity index (χ3n) is 6.16. The number of hydrogen-bond acceptors (Lipinski definition) is 3. The molecular weight excluding hydrogens is 766 g/mol. The van der Waals surface area contributed by atoms with Crippen LogP contribution in [0, 0.1) is 48.1 Å². The molecule has 4 rings (SSSR count). The van der Waals surface area contributed by atoms with Crippen LogP contribution in [-0.4, -0.2) is 41.4 Å². The van der Waals surface area contributed by atoms with Gasteiger partial charge in [-0.2, -0.15) is 0 Å². The zero-order valence-electron chi connectivity index (χ0n) is 30.8. The Bertz CT molecular complexity index is 1260. The van der Waals surface area contributed by atoms with Crippen molar-refractivity contribution < 1.29 is 42.0 Å². The molecule has 1 fully saturated rings. The van der Waals surface area contributed by atoms with E-state index < -0.39 is 16.5 Å². The topological polar surface area (TPSA) is 76.2 Å². The quantitative estimate of drug-likeness (QED) is 0.139. The van der Waals surface area contributed by atoms with Crippen LogP contribution in [0.25, 0.3) is 15.3 Å². The fraction of sp³-hybridized carbons (Fsp3) is 0.474. The minimum atomic E-state index is -1.11. The number of para-hydroxylation sites is 4. The van der Waals surface area contributed by atoms with Gasteiger partial charge in [-0.1, -0.05) is 194 Å². The molecule has 0 aliphatic carbocycles. The van der Waals surface area contributed by atoms with Gasteiger partial charge in [-0.05, 0) is 46.4 Å². The smallest absolute Gasteiger partial charge is 0.668 e. The number of hydrogen-bond donors (Lipinski definition) is 0. The Morgan fingerprint density at radius 3 is 1.11 bits per heavy atom. The van der Waals surface area contributed by atoms with E-state index in [0.717, 1.165) is 47.6 Å². The molecule has 0 N–H and O–H groups in total. The van der Waals surface area contributed by atoms with Crippen molar-refractivity contribution >= 4 is 50.9 Å². The Hall–Kier alpha value is -1.80. The van der Waals surface area contributed by atoms with Crippen molar-refractivity contribution in [2.75, 3.05) is 13.2 Å². The minimum Gasteiger partial charge on any atom is -0.668 e. The normalized spacial score (nSPS) is 14.1. The molecule has 1 saturated heterocycles. The molecule has 3 aromatic rings. The van der Waals surface area contributed by atoms with Gasteiger partial charge in [0, 0.05) is 13.2 Å². The number of benzene rings is 3.